The molecule has 0 aliphatic carbocycles. The van der Waals surface area contributed by atoms with Crippen LogP contribution in [0.2, 0.25) is 0 Å². The van der Waals surface area contributed by atoms with Crippen molar-refractivity contribution in [3.63, 3.8) is 0 Å². The summed E-state index contributed by atoms with van der Waals surface area (Å²) in [7, 11) is 1.48. The number of methoxy groups -OCH3 is 1. The summed E-state index contributed by atoms with van der Waals surface area (Å²) in [5.41, 5.74) is -0.417. The molecule has 1 aromatic heterocycles. The van der Waals surface area contributed by atoms with Gasteiger partial charge >= 0.3 is 5.97 Å². The second-order valence-corrected chi connectivity index (χ2v) is 9.57. The highest BCUT2D eigenvalue weighted by atomic mass is 19.2. The molecule has 1 atom stereocenters. The largest absolute Gasteiger partial charge is 0.497 e. The highest BCUT2D eigenvalue weighted by molar-refractivity contribution is 5.84. The molecule has 2 heterocycles. The minimum Gasteiger partial charge on any atom is -0.497 e. The topological polar surface area (TPSA) is 94.9 Å². The third kappa shape index (κ3) is 5.83. The van der Waals surface area contributed by atoms with Crippen LogP contribution in [0.5, 0.6) is 5.75 Å². The number of aliphatic carboxylic acids is 1. The number of ether oxygens (including phenoxy) is 1. The average Bonchev–Trinajstić information content (AvgIpc) is 2.90. The van der Waals surface area contributed by atoms with E-state index in [-0.39, 0.29) is 24.1 Å². The summed E-state index contributed by atoms with van der Waals surface area (Å²) in [4.78, 5) is 18.3. The fourth-order valence-corrected chi connectivity index (χ4v) is 4.98. The molecule has 0 spiro atoms. The van der Waals surface area contributed by atoms with Crippen molar-refractivity contribution in [3.05, 3.63) is 65.4 Å². The second kappa shape index (κ2) is 11.5. The number of nitrogens with one attached hydrogen (secondary N) is 1. The standard InChI is InChI=1S/C27H29F4N3O4/c1-38-17-2-3-22-18(14-17)24(21(30)15-33-22)23(35)4-5-27(26(36)37)6-9-34(10-7-27)11-8-32-16-12-19(28)25(31)20(29)13-16/h2-3,12-15,23,32,35H,4-11H2,1H3,(H,36,37)/t23-/m1/s1. The van der Waals surface area contributed by atoms with Crippen LogP contribution in [0.4, 0.5) is 23.2 Å². The maximum atomic E-state index is 14.7. The van der Waals surface area contributed by atoms with Gasteiger partial charge in [0.2, 0.25) is 0 Å². The number of aliphatic hydroxyl groups excluding tert-OH is 1. The van der Waals surface area contributed by atoms with Gasteiger partial charge in [-0.25, -0.2) is 17.6 Å². The van der Waals surface area contributed by atoms with E-state index in [1.165, 1.54) is 7.11 Å². The summed E-state index contributed by atoms with van der Waals surface area (Å²) in [6.07, 6.45) is 0.647. The number of likely N-dealkylation sites (tertiary alicyclic amines) is 1. The number of rotatable bonds is 10. The third-order valence-electron chi connectivity index (χ3n) is 7.31. The first-order valence-corrected chi connectivity index (χ1v) is 12.3. The molecule has 3 N–H and O–H groups in total. The SMILES string of the molecule is COc1ccc2ncc(F)c([C@H](O)CCC3(C(=O)O)CCN(CCNc4cc(F)c(F)c(F)c4)CC3)c2c1. The van der Waals surface area contributed by atoms with Gasteiger partial charge in [0.15, 0.2) is 17.5 Å². The van der Waals surface area contributed by atoms with Crippen LogP contribution < -0.4 is 10.1 Å². The number of pyridine rings is 1. The lowest BCUT2D eigenvalue weighted by atomic mass is 9.74. The van der Waals surface area contributed by atoms with Crippen LogP contribution in [0.1, 0.15) is 37.4 Å². The Morgan fingerprint density at radius 3 is 2.45 bits per heavy atom. The molecule has 1 fully saturated rings. The van der Waals surface area contributed by atoms with Gasteiger partial charge in [0.05, 0.1) is 30.3 Å². The minimum absolute atomic E-state index is 0.0444. The van der Waals surface area contributed by atoms with Crippen molar-refractivity contribution in [2.75, 3.05) is 38.6 Å². The summed E-state index contributed by atoms with van der Waals surface area (Å²) >= 11 is 0. The molecule has 2 aromatic carbocycles. The Kier molecular flexibility index (Phi) is 8.37. The number of benzene rings is 2. The van der Waals surface area contributed by atoms with Gasteiger partial charge < -0.3 is 25.2 Å². The van der Waals surface area contributed by atoms with Gasteiger partial charge in [-0.1, -0.05) is 0 Å². The zero-order valence-corrected chi connectivity index (χ0v) is 20.8. The molecule has 1 aliphatic heterocycles. The van der Waals surface area contributed by atoms with Crippen LogP contribution in [0.15, 0.2) is 36.5 Å². The normalized spacial score (nSPS) is 16.4. The maximum Gasteiger partial charge on any atom is 0.309 e. The summed E-state index contributed by atoms with van der Waals surface area (Å²) < 4.78 is 59.8. The number of carboxylic acids is 1. The Morgan fingerprint density at radius 2 is 1.82 bits per heavy atom. The van der Waals surface area contributed by atoms with Gasteiger partial charge in [-0.2, -0.15) is 0 Å². The molecule has 0 amide bonds. The van der Waals surface area contributed by atoms with Crippen molar-refractivity contribution >= 4 is 22.6 Å². The predicted molar refractivity (Wildman–Crippen MR) is 133 cm³/mol. The zero-order chi connectivity index (χ0) is 27.4. The molecular weight excluding hydrogens is 506 g/mol. The summed E-state index contributed by atoms with van der Waals surface area (Å²) in [5.74, 6) is -5.25. The number of anilines is 1. The Labute approximate surface area is 217 Å². The number of fused-ring (bicyclic) bond motifs is 1. The molecule has 0 radical (unpaired) electrons. The lowest BCUT2D eigenvalue weighted by molar-refractivity contribution is -0.153. The molecule has 11 heteroatoms. The van der Waals surface area contributed by atoms with E-state index in [9.17, 15) is 32.6 Å². The number of carboxylic acid groups (broad SMARTS) is 1. The van der Waals surface area contributed by atoms with Crippen LogP contribution in [0.3, 0.4) is 0 Å². The summed E-state index contributed by atoms with van der Waals surface area (Å²) in [6.45, 7) is 1.72. The molecule has 1 aliphatic rings. The number of piperidine rings is 1. The molecular formula is C27H29F4N3O4. The van der Waals surface area contributed by atoms with Crippen LogP contribution in [-0.4, -0.2) is 59.4 Å². The number of hydrogen-bond donors (Lipinski definition) is 3. The molecule has 0 unspecified atom stereocenters. The van der Waals surface area contributed by atoms with Gasteiger partial charge in [0.1, 0.15) is 11.6 Å². The van der Waals surface area contributed by atoms with E-state index in [0.717, 1.165) is 18.3 Å². The Morgan fingerprint density at radius 1 is 1.13 bits per heavy atom. The van der Waals surface area contributed by atoms with Crippen LogP contribution >= 0.6 is 0 Å². The molecule has 4 rings (SSSR count). The summed E-state index contributed by atoms with van der Waals surface area (Å²) in [6, 6.07) is 6.69. The third-order valence-corrected chi connectivity index (χ3v) is 7.31. The van der Waals surface area contributed by atoms with E-state index in [1.807, 2.05) is 4.90 Å². The van der Waals surface area contributed by atoms with Crippen molar-refractivity contribution in [3.8, 4) is 5.75 Å². The number of hydrogen-bond acceptors (Lipinski definition) is 6. The van der Waals surface area contributed by atoms with Gasteiger partial charge in [0.25, 0.3) is 0 Å². The molecule has 1 saturated heterocycles. The van der Waals surface area contributed by atoms with E-state index in [1.54, 1.807) is 18.2 Å². The van der Waals surface area contributed by atoms with Crippen molar-refractivity contribution in [2.24, 2.45) is 5.41 Å². The van der Waals surface area contributed by atoms with Gasteiger partial charge in [-0.05, 0) is 57.0 Å². The van der Waals surface area contributed by atoms with Crippen LogP contribution in [-0.2, 0) is 4.79 Å². The van der Waals surface area contributed by atoms with E-state index in [0.29, 0.717) is 55.7 Å². The van der Waals surface area contributed by atoms with E-state index in [4.69, 9.17) is 4.74 Å². The highest BCUT2D eigenvalue weighted by Crippen LogP contribution is 2.40. The number of aromatic nitrogens is 1. The fraction of sp³-hybridized carbons (Fsp3) is 0.407. The van der Waals surface area contributed by atoms with Gasteiger partial charge in [-0.3, -0.25) is 9.78 Å². The van der Waals surface area contributed by atoms with E-state index >= 15 is 0 Å². The lowest BCUT2D eigenvalue weighted by Gasteiger charge is -2.39. The first-order valence-electron chi connectivity index (χ1n) is 12.3. The first-order chi connectivity index (χ1) is 18.1. The van der Waals surface area contributed by atoms with Crippen molar-refractivity contribution in [2.45, 2.75) is 31.8 Å². The Bertz CT molecular complexity index is 1290. The number of nitrogens with zero attached hydrogens (tertiary/aromatic N) is 2. The lowest BCUT2D eigenvalue weighted by Crippen LogP contribution is -2.45. The minimum atomic E-state index is -1.53. The summed E-state index contributed by atoms with van der Waals surface area (Å²) in [5, 5.41) is 24.2. The zero-order valence-electron chi connectivity index (χ0n) is 20.8. The molecule has 204 valence electrons. The molecule has 0 saturated carbocycles. The van der Waals surface area contributed by atoms with Crippen LogP contribution in [0.25, 0.3) is 10.9 Å². The van der Waals surface area contributed by atoms with Crippen molar-refractivity contribution in [1.82, 2.24) is 9.88 Å². The van der Waals surface area contributed by atoms with E-state index in [2.05, 4.69) is 10.3 Å². The monoisotopic (exact) mass is 535 g/mol. The van der Waals surface area contributed by atoms with Gasteiger partial charge in [0, 0.05) is 41.9 Å². The first kappa shape index (κ1) is 27.6. The number of halogens is 4. The quantitative estimate of drug-likeness (QED) is 0.251. The van der Waals surface area contributed by atoms with E-state index < -0.39 is 40.8 Å². The maximum absolute atomic E-state index is 14.7. The highest BCUT2D eigenvalue weighted by Gasteiger charge is 2.41. The molecule has 7 nitrogen and oxygen atoms in total. The smallest absolute Gasteiger partial charge is 0.309 e. The average molecular weight is 536 g/mol. The van der Waals surface area contributed by atoms with Crippen molar-refractivity contribution in [1.29, 1.82) is 0 Å². The fourth-order valence-electron chi connectivity index (χ4n) is 4.98. The molecule has 38 heavy (non-hydrogen) atoms. The molecule has 0 bridgehead atoms. The Balaban J connectivity index is 1.36. The van der Waals surface area contributed by atoms with Crippen LogP contribution in [0, 0.1) is 28.7 Å². The van der Waals surface area contributed by atoms with Gasteiger partial charge in [-0.15, -0.1) is 0 Å². The Hall–Kier alpha value is -3.44. The van der Waals surface area contributed by atoms with Crippen molar-refractivity contribution < 1.29 is 37.3 Å². The predicted octanol–water partition coefficient (Wildman–Crippen LogP) is 4.89. The number of aliphatic hydroxyl groups is 1. The second-order valence-electron chi connectivity index (χ2n) is 9.57. The molecule has 3 aromatic rings. The number of carbonyl (C=O) groups is 1.